The van der Waals surface area contributed by atoms with Crippen molar-refractivity contribution in [3.8, 4) is 0 Å². The van der Waals surface area contributed by atoms with Crippen molar-refractivity contribution in [1.29, 1.82) is 0 Å². The quantitative estimate of drug-likeness (QED) is 0.839. The van der Waals surface area contributed by atoms with E-state index in [2.05, 4.69) is 35.6 Å². The molecule has 0 bridgehead atoms. The van der Waals surface area contributed by atoms with Gasteiger partial charge in [-0.2, -0.15) is 0 Å². The molecule has 1 aromatic rings. The molecule has 2 heterocycles. The molecule has 2 aliphatic rings. The molecule has 126 valence electrons. The largest absolute Gasteiger partial charge is 0.481 e. The summed E-state index contributed by atoms with van der Waals surface area (Å²) in [6.45, 7) is 7.80. The molecule has 1 aliphatic heterocycles. The molecule has 5 nitrogen and oxygen atoms in total. The van der Waals surface area contributed by atoms with Gasteiger partial charge >= 0.3 is 5.97 Å². The van der Waals surface area contributed by atoms with E-state index in [0.29, 0.717) is 12.5 Å². The highest BCUT2D eigenvalue weighted by molar-refractivity contribution is 6.28. The van der Waals surface area contributed by atoms with Gasteiger partial charge in [0.15, 0.2) is 0 Å². The van der Waals surface area contributed by atoms with Crippen molar-refractivity contribution < 1.29 is 9.90 Å². The molecule has 6 heteroatoms. The molecule has 0 spiro atoms. The number of carboxylic acid groups (broad SMARTS) is 1. The number of aliphatic carboxylic acids is 1. The standard InChI is InChI=1S/C17H24ClN3O2/c1-10-7-11(15(22)23)9-21(8-10)14-12-5-4-6-17(2,3)13(12)19-16(18)20-14/h10-11H,4-9H2,1-3H3,(H,22,23). The van der Waals surface area contributed by atoms with Crippen LogP contribution in [0.2, 0.25) is 5.28 Å². The molecule has 2 unspecified atom stereocenters. The Hall–Kier alpha value is -1.36. The number of halogens is 1. The van der Waals surface area contributed by atoms with Crippen LogP contribution in [0, 0.1) is 11.8 Å². The van der Waals surface area contributed by atoms with E-state index in [1.54, 1.807) is 0 Å². The van der Waals surface area contributed by atoms with Gasteiger partial charge < -0.3 is 10.0 Å². The summed E-state index contributed by atoms with van der Waals surface area (Å²) in [7, 11) is 0. The second-order valence-corrected chi connectivity index (χ2v) is 8.00. The van der Waals surface area contributed by atoms with Gasteiger partial charge in [0.2, 0.25) is 5.28 Å². The van der Waals surface area contributed by atoms with E-state index in [1.807, 2.05) is 0 Å². The number of rotatable bonds is 2. The fourth-order valence-corrected chi connectivity index (χ4v) is 4.19. The number of anilines is 1. The van der Waals surface area contributed by atoms with E-state index < -0.39 is 5.97 Å². The highest BCUT2D eigenvalue weighted by Gasteiger charge is 2.36. The van der Waals surface area contributed by atoms with Crippen LogP contribution in [-0.2, 0) is 16.6 Å². The maximum absolute atomic E-state index is 11.5. The number of hydrogen-bond donors (Lipinski definition) is 1. The van der Waals surface area contributed by atoms with E-state index in [9.17, 15) is 9.90 Å². The first-order chi connectivity index (χ1) is 10.8. The summed E-state index contributed by atoms with van der Waals surface area (Å²) in [5.41, 5.74) is 2.18. The molecule has 0 saturated carbocycles. The molecule has 1 fully saturated rings. The van der Waals surface area contributed by atoms with E-state index in [-0.39, 0.29) is 16.6 Å². The number of carbonyl (C=O) groups is 1. The zero-order chi connectivity index (χ0) is 16.8. The minimum Gasteiger partial charge on any atom is -0.481 e. The average Bonchev–Trinajstić information content (AvgIpc) is 2.46. The van der Waals surface area contributed by atoms with Crippen molar-refractivity contribution in [2.24, 2.45) is 11.8 Å². The summed E-state index contributed by atoms with van der Waals surface area (Å²) < 4.78 is 0. The Bertz CT molecular complexity index is 633. The first kappa shape index (κ1) is 16.5. The molecule has 1 aromatic heterocycles. The Kier molecular flexibility index (Phi) is 4.25. The monoisotopic (exact) mass is 337 g/mol. The lowest BCUT2D eigenvalue weighted by Gasteiger charge is -2.39. The lowest BCUT2D eigenvalue weighted by molar-refractivity contribution is -0.142. The maximum Gasteiger partial charge on any atom is 0.308 e. The van der Waals surface area contributed by atoms with E-state index in [0.717, 1.165) is 49.3 Å². The third-order valence-corrected chi connectivity index (χ3v) is 5.31. The Morgan fingerprint density at radius 1 is 1.35 bits per heavy atom. The number of piperidine rings is 1. The average molecular weight is 338 g/mol. The van der Waals surface area contributed by atoms with Crippen molar-refractivity contribution in [2.45, 2.75) is 51.9 Å². The molecule has 1 N–H and O–H groups in total. The van der Waals surface area contributed by atoms with Gasteiger partial charge in [0, 0.05) is 24.1 Å². The minimum absolute atomic E-state index is 0.0114. The van der Waals surface area contributed by atoms with Crippen LogP contribution in [0.4, 0.5) is 5.82 Å². The van der Waals surface area contributed by atoms with Crippen LogP contribution < -0.4 is 4.90 Å². The molecule has 2 atom stereocenters. The van der Waals surface area contributed by atoms with Crippen molar-refractivity contribution in [2.75, 3.05) is 18.0 Å². The van der Waals surface area contributed by atoms with Gasteiger partial charge in [-0.15, -0.1) is 0 Å². The van der Waals surface area contributed by atoms with Gasteiger partial charge in [-0.3, -0.25) is 4.79 Å². The SMILES string of the molecule is CC1CC(C(=O)O)CN(c2nc(Cl)nc3c2CCCC3(C)C)C1. The number of aromatic nitrogens is 2. The third kappa shape index (κ3) is 3.16. The minimum atomic E-state index is -0.726. The highest BCUT2D eigenvalue weighted by Crippen LogP contribution is 2.40. The number of fused-ring (bicyclic) bond motifs is 1. The summed E-state index contributed by atoms with van der Waals surface area (Å²) >= 11 is 6.20. The van der Waals surface area contributed by atoms with Crippen molar-refractivity contribution in [3.63, 3.8) is 0 Å². The lowest BCUT2D eigenvalue weighted by atomic mass is 9.76. The van der Waals surface area contributed by atoms with Crippen LogP contribution in [-0.4, -0.2) is 34.1 Å². The van der Waals surface area contributed by atoms with Crippen molar-refractivity contribution in [3.05, 3.63) is 16.5 Å². The number of nitrogens with zero attached hydrogens (tertiary/aromatic N) is 3. The van der Waals surface area contributed by atoms with Gasteiger partial charge in [-0.1, -0.05) is 20.8 Å². The third-order valence-electron chi connectivity index (χ3n) is 5.14. The highest BCUT2D eigenvalue weighted by atomic mass is 35.5. The van der Waals surface area contributed by atoms with Gasteiger partial charge in [0.25, 0.3) is 0 Å². The second kappa shape index (κ2) is 5.93. The molecule has 0 amide bonds. The van der Waals surface area contributed by atoms with Gasteiger partial charge in [-0.25, -0.2) is 9.97 Å². The molecule has 0 radical (unpaired) electrons. The Morgan fingerprint density at radius 3 is 2.78 bits per heavy atom. The molecule has 23 heavy (non-hydrogen) atoms. The molecule has 1 aliphatic carbocycles. The molecular weight excluding hydrogens is 314 g/mol. The maximum atomic E-state index is 11.5. The summed E-state index contributed by atoms with van der Waals surface area (Å²) in [6, 6.07) is 0. The summed E-state index contributed by atoms with van der Waals surface area (Å²) in [5, 5.41) is 9.67. The fraction of sp³-hybridized carbons (Fsp3) is 0.706. The first-order valence-electron chi connectivity index (χ1n) is 8.32. The Morgan fingerprint density at radius 2 is 2.09 bits per heavy atom. The van der Waals surface area contributed by atoms with Gasteiger partial charge in [-0.05, 0) is 43.2 Å². The summed E-state index contributed by atoms with van der Waals surface area (Å²) in [4.78, 5) is 22.6. The topological polar surface area (TPSA) is 66.3 Å². The Labute approximate surface area is 142 Å². The molecule has 1 saturated heterocycles. The van der Waals surface area contributed by atoms with Crippen LogP contribution in [0.15, 0.2) is 0 Å². The zero-order valence-electron chi connectivity index (χ0n) is 14.0. The predicted octanol–water partition coefficient (Wildman–Crippen LogP) is 3.29. The van der Waals surface area contributed by atoms with E-state index in [1.165, 1.54) is 0 Å². The molecule has 0 aromatic carbocycles. The van der Waals surface area contributed by atoms with Gasteiger partial charge in [0.05, 0.1) is 11.6 Å². The van der Waals surface area contributed by atoms with Crippen molar-refractivity contribution in [1.82, 2.24) is 9.97 Å². The molecular formula is C17H24ClN3O2. The van der Waals surface area contributed by atoms with Crippen molar-refractivity contribution >= 4 is 23.4 Å². The van der Waals surface area contributed by atoms with E-state index >= 15 is 0 Å². The Balaban J connectivity index is 2.03. The first-order valence-corrected chi connectivity index (χ1v) is 8.70. The lowest BCUT2D eigenvalue weighted by Crippen LogP contribution is -2.44. The fourth-order valence-electron chi connectivity index (χ4n) is 4.03. The van der Waals surface area contributed by atoms with Crippen LogP contribution in [0.5, 0.6) is 0 Å². The van der Waals surface area contributed by atoms with Crippen LogP contribution in [0.1, 0.15) is 51.3 Å². The summed E-state index contributed by atoms with van der Waals surface area (Å²) in [6.07, 6.45) is 3.84. The van der Waals surface area contributed by atoms with Crippen LogP contribution in [0.25, 0.3) is 0 Å². The predicted molar refractivity (Wildman–Crippen MR) is 90.1 cm³/mol. The summed E-state index contributed by atoms with van der Waals surface area (Å²) in [5.74, 6) is 0.104. The normalized spacial score (nSPS) is 26.7. The number of hydrogen-bond acceptors (Lipinski definition) is 4. The van der Waals surface area contributed by atoms with Crippen LogP contribution in [0.3, 0.4) is 0 Å². The van der Waals surface area contributed by atoms with Gasteiger partial charge in [0.1, 0.15) is 5.82 Å². The molecule has 3 rings (SSSR count). The van der Waals surface area contributed by atoms with Crippen LogP contribution >= 0.6 is 11.6 Å². The van der Waals surface area contributed by atoms with E-state index in [4.69, 9.17) is 11.6 Å². The number of carboxylic acids is 1. The smallest absolute Gasteiger partial charge is 0.308 e. The zero-order valence-corrected chi connectivity index (χ0v) is 14.7. The second-order valence-electron chi connectivity index (χ2n) is 7.66.